The van der Waals surface area contributed by atoms with E-state index in [0.29, 0.717) is 5.76 Å². The van der Waals surface area contributed by atoms with Crippen LogP contribution in [0.2, 0.25) is 0 Å². The first-order chi connectivity index (χ1) is 6.86. The van der Waals surface area contributed by atoms with Gasteiger partial charge in [0.1, 0.15) is 5.76 Å². The topological polar surface area (TPSA) is 48.0 Å². The van der Waals surface area contributed by atoms with Gasteiger partial charge in [-0.25, -0.2) is 4.68 Å². The van der Waals surface area contributed by atoms with Crippen molar-refractivity contribution in [2.75, 3.05) is 0 Å². The molecule has 4 nitrogen and oxygen atoms in total. The van der Waals surface area contributed by atoms with Crippen LogP contribution in [0, 0.1) is 0 Å². The summed E-state index contributed by atoms with van der Waals surface area (Å²) < 4.78 is 6.28. The third-order valence-corrected chi connectivity index (χ3v) is 1.66. The summed E-state index contributed by atoms with van der Waals surface area (Å²) in [5, 5.41) is 3.80. The summed E-state index contributed by atoms with van der Waals surface area (Å²) in [5.74, 6) is 0.442. The fourth-order valence-corrected chi connectivity index (χ4v) is 1.02. The van der Waals surface area contributed by atoms with Gasteiger partial charge in [-0.2, -0.15) is 5.10 Å². The van der Waals surface area contributed by atoms with Crippen molar-refractivity contribution in [3.05, 3.63) is 48.7 Å². The van der Waals surface area contributed by atoms with Gasteiger partial charge < -0.3 is 4.42 Å². The molecule has 0 N–H and O–H groups in total. The van der Waals surface area contributed by atoms with Crippen LogP contribution in [0.3, 0.4) is 0 Å². The van der Waals surface area contributed by atoms with E-state index >= 15 is 0 Å². The number of aromatic nitrogens is 2. The number of carbonyl (C=O) groups is 1. The lowest BCUT2D eigenvalue weighted by molar-refractivity contribution is 0.0955. The maximum Gasteiger partial charge on any atom is 0.270 e. The lowest BCUT2D eigenvalue weighted by Crippen LogP contribution is -2.06. The molecule has 0 fully saturated rings. The van der Waals surface area contributed by atoms with Crippen molar-refractivity contribution in [3.8, 4) is 0 Å². The van der Waals surface area contributed by atoms with Gasteiger partial charge in [0.15, 0.2) is 0 Å². The van der Waals surface area contributed by atoms with Crippen LogP contribution in [-0.4, -0.2) is 15.7 Å². The number of nitrogens with zero attached hydrogens (tertiary/aromatic N) is 2. The van der Waals surface area contributed by atoms with E-state index in [1.165, 1.54) is 10.8 Å². The van der Waals surface area contributed by atoms with Crippen molar-refractivity contribution in [2.24, 2.45) is 0 Å². The second-order valence-electron chi connectivity index (χ2n) is 2.64. The highest BCUT2D eigenvalue weighted by atomic mass is 16.3. The Hall–Kier alpha value is -2.10. The average Bonchev–Trinajstić information content (AvgIpc) is 2.87. The van der Waals surface area contributed by atoms with Gasteiger partial charge in [0.2, 0.25) is 0 Å². The van der Waals surface area contributed by atoms with E-state index in [4.69, 9.17) is 4.42 Å². The third kappa shape index (κ3) is 1.80. The molecule has 0 aliphatic heterocycles. The lowest BCUT2D eigenvalue weighted by atomic mass is 10.4. The first kappa shape index (κ1) is 8.50. The molecule has 14 heavy (non-hydrogen) atoms. The molecule has 2 aromatic heterocycles. The van der Waals surface area contributed by atoms with Gasteiger partial charge >= 0.3 is 0 Å². The molecule has 0 aromatic carbocycles. The van der Waals surface area contributed by atoms with E-state index in [2.05, 4.69) is 5.10 Å². The van der Waals surface area contributed by atoms with Crippen molar-refractivity contribution in [1.29, 1.82) is 0 Å². The van der Waals surface area contributed by atoms with Gasteiger partial charge in [-0.3, -0.25) is 4.79 Å². The van der Waals surface area contributed by atoms with E-state index in [1.54, 1.807) is 42.9 Å². The molecule has 70 valence electrons. The third-order valence-electron chi connectivity index (χ3n) is 1.66. The first-order valence-electron chi connectivity index (χ1n) is 4.12. The Morgan fingerprint density at radius 2 is 2.43 bits per heavy atom. The second-order valence-corrected chi connectivity index (χ2v) is 2.64. The highest BCUT2D eigenvalue weighted by Gasteiger charge is 1.98. The Labute approximate surface area is 80.5 Å². The zero-order valence-corrected chi connectivity index (χ0v) is 7.33. The molecule has 2 aromatic rings. The molecule has 0 spiro atoms. The summed E-state index contributed by atoms with van der Waals surface area (Å²) in [5.41, 5.74) is 0. The Bertz CT molecular complexity index is 427. The van der Waals surface area contributed by atoms with Crippen molar-refractivity contribution in [1.82, 2.24) is 9.78 Å². The minimum atomic E-state index is -0.202. The van der Waals surface area contributed by atoms with Gasteiger partial charge in [0, 0.05) is 18.5 Å². The molecule has 0 atom stereocenters. The molecular formula is C10H8N2O2. The fraction of sp³-hybridized carbons (Fsp3) is 0. The van der Waals surface area contributed by atoms with E-state index in [9.17, 15) is 4.79 Å². The summed E-state index contributed by atoms with van der Waals surface area (Å²) in [6.07, 6.45) is 7.71. The molecule has 0 aliphatic carbocycles. The van der Waals surface area contributed by atoms with Crippen LogP contribution >= 0.6 is 0 Å². The number of carbonyl (C=O) groups excluding carboxylic acids is 1. The Morgan fingerprint density at radius 3 is 3.07 bits per heavy atom. The molecular weight excluding hydrogens is 180 g/mol. The zero-order chi connectivity index (χ0) is 9.80. The van der Waals surface area contributed by atoms with Crippen molar-refractivity contribution in [2.45, 2.75) is 0 Å². The quantitative estimate of drug-likeness (QED) is 0.675. The molecule has 0 aliphatic rings. The standard InChI is InChI=1S/C10H8N2O2/c13-10(12-7-2-6-11-12)5-4-9-3-1-8-14-9/h1-8H/b5-4+. The lowest BCUT2D eigenvalue weighted by Gasteiger charge is -1.91. The summed E-state index contributed by atoms with van der Waals surface area (Å²) in [7, 11) is 0. The summed E-state index contributed by atoms with van der Waals surface area (Å²) >= 11 is 0. The summed E-state index contributed by atoms with van der Waals surface area (Å²) in [6.45, 7) is 0. The van der Waals surface area contributed by atoms with Gasteiger partial charge in [-0.05, 0) is 24.3 Å². The van der Waals surface area contributed by atoms with Crippen molar-refractivity contribution >= 4 is 12.0 Å². The molecule has 2 heterocycles. The largest absolute Gasteiger partial charge is 0.465 e. The van der Waals surface area contributed by atoms with Gasteiger partial charge in [0.05, 0.1) is 6.26 Å². The number of hydrogen-bond donors (Lipinski definition) is 0. The smallest absolute Gasteiger partial charge is 0.270 e. The minimum Gasteiger partial charge on any atom is -0.465 e. The van der Waals surface area contributed by atoms with Crippen LogP contribution in [0.25, 0.3) is 6.08 Å². The molecule has 0 saturated heterocycles. The van der Waals surface area contributed by atoms with Gasteiger partial charge in [0.25, 0.3) is 5.91 Å². The van der Waals surface area contributed by atoms with Crippen LogP contribution in [-0.2, 0) is 0 Å². The summed E-state index contributed by atoms with van der Waals surface area (Å²) in [6, 6.07) is 5.23. The molecule has 0 radical (unpaired) electrons. The van der Waals surface area contributed by atoms with E-state index in [1.807, 2.05) is 0 Å². The Morgan fingerprint density at radius 1 is 1.50 bits per heavy atom. The normalized spacial score (nSPS) is 10.9. The van der Waals surface area contributed by atoms with E-state index < -0.39 is 0 Å². The fourth-order valence-electron chi connectivity index (χ4n) is 1.02. The monoisotopic (exact) mass is 188 g/mol. The molecule has 4 heteroatoms. The Kier molecular flexibility index (Phi) is 2.27. The molecule has 0 bridgehead atoms. The SMILES string of the molecule is O=C(/C=C/c1ccco1)n1cccn1. The van der Waals surface area contributed by atoms with Gasteiger partial charge in [-0.1, -0.05) is 0 Å². The molecule has 2 rings (SSSR count). The highest BCUT2D eigenvalue weighted by Crippen LogP contribution is 2.02. The zero-order valence-electron chi connectivity index (χ0n) is 7.33. The number of furan rings is 1. The number of hydrogen-bond acceptors (Lipinski definition) is 3. The maximum absolute atomic E-state index is 11.4. The first-order valence-corrected chi connectivity index (χ1v) is 4.12. The van der Waals surface area contributed by atoms with Crippen LogP contribution in [0.15, 0.2) is 47.3 Å². The molecule has 0 amide bonds. The molecule has 0 saturated carbocycles. The maximum atomic E-state index is 11.4. The van der Waals surface area contributed by atoms with Crippen LogP contribution in [0.5, 0.6) is 0 Å². The number of rotatable bonds is 2. The predicted molar refractivity (Wildman–Crippen MR) is 50.6 cm³/mol. The average molecular weight is 188 g/mol. The van der Waals surface area contributed by atoms with Crippen molar-refractivity contribution < 1.29 is 9.21 Å². The van der Waals surface area contributed by atoms with Crippen molar-refractivity contribution in [3.63, 3.8) is 0 Å². The van der Waals surface area contributed by atoms with E-state index in [-0.39, 0.29) is 5.91 Å². The Balaban J connectivity index is 2.09. The predicted octanol–water partition coefficient (Wildman–Crippen LogP) is 1.83. The van der Waals surface area contributed by atoms with Crippen LogP contribution in [0.4, 0.5) is 0 Å². The second kappa shape index (κ2) is 3.74. The molecule has 0 unspecified atom stereocenters. The van der Waals surface area contributed by atoms with Gasteiger partial charge in [-0.15, -0.1) is 0 Å². The minimum absolute atomic E-state index is 0.202. The summed E-state index contributed by atoms with van der Waals surface area (Å²) in [4.78, 5) is 11.4. The van der Waals surface area contributed by atoms with Crippen LogP contribution in [0.1, 0.15) is 10.6 Å². The van der Waals surface area contributed by atoms with E-state index in [0.717, 1.165) is 0 Å². The number of allylic oxidation sites excluding steroid dienone is 1. The highest BCUT2D eigenvalue weighted by molar-refractivity contribution is 5.92. The van der Waals surface area contributed by atoms with Crippen LogP contribution < -0.4 is 0 Å².